The van der Waals surface area contributed by atoms with Crippen LogP contribution in [0.4, 0.5) is 0 Å². The zero-order valence-corrected chi connectivity index (χ0v) is 13.4. The van der Waals surface area contributed by atoms with Crippen LogP contribution in [-0.4, -0.2) is 59.0 Å². The third-order valence-corrected chi connectivity index (χ3v) is 5.04. The number of rotatable bonds is 3. The molecule has 0 radical (unpaired) electrons. The predicted octanol–water partition coefficient (Wildman–Crippen LogP) is 2.48. The Morgan fingerprint density at radius 1 is 0.870 bits per heavy atom. The minimum Gasteiger partial charge on any atom is -0.478 e. The Morgan fingerprint density at radius 3 is 2.00 bits per heavy atom. The van der Waals surface area contributed by atoms with Gasteiger partial charge in [0.25, 0.3) is 5.91 Å². The van der Waals surface area contributed by atoms with Gasteiger partial charge >= 0.3 is 5.97 Å². The van der Waals surface area contributed by atoms with E-state index in [0.29, 0.717) is 11.6 Å². The molecule has 1 aromatic carbocycles. The Hall–Kier alpha value is -1.88. The highest BCUT2D eigenvalue weighted by molar-refractivity contribution is 5.95. The Labute approximate surface area is 136 Å². The zero-order chi connectivity index (χ0) is 16.2. The van der Waals surface area contributed by atoms with Crippen molar-refractivity contribution in [1.29, 1.82) is 0 Å². The normalized spacial score (nSPS) is 20.4. The molecule has 0 atom stereocenters. The second kappa shape index (κ2) is 7.13. The van der Waals surface area contributed by atoms with Gasteiger partial charge in [-0.15, -0.1) is 0 Å². The topological polar surface area (TPSA) is 60.9 Å². The molecule has 2 fully saturated rings. The van der Waals surface area contributed by atoms with Crippen molar-refractivity contribution in [2.45, 2.75) is 38.1 Å². The van der Waals surface area contributed by atoms with Crippen LogP contribution in [0.5, 0.6) is 0 Å². The van der Waals surface area contributed by atoms with E-state index in [1.807, 2.05) is 4.90 Å². The molecule has 3 rings (SSSR count). The summed E-state index contributed by atoms with van der Waals surface area (Å²) in [6.45, 7) is 3.99. The molecule has 0 saturated carbocycles. The standard InChI is InChI=1S/C18H24N2O3/c21-17(14-4-6-15(7-5-14)18(22)23)20-12-8-16(9-13-20)19-10-2-1-3-11-19/h4-7,16H,1-3,8-13H2,(H,22,23). The van der Waals surface area contributed by atoms with Crippen LogP contribution in [0.25, 0.3) is 0 Å². The van der Waals surface area contributed by atoms with Crippen molar-refractivity contribution >= 4 is 11.9 Å². The van der Waals surface area contributed by atoms with E-state index in [9.17, 15) is 9.59 Å². The van der Waals surface area contributed by atoms with Gasteiger partial charge in [-0.1, -0.05) is 6.42 Å². The van der Waals surface area contributed by atoms with Crippen LogP contribution in [-0.2, 0) is 0 Å². The number of amides is 1. The maximum Gasteiger partial charge on any atom is 0.335 e. The highest BCUT2D eigenvalue weighted by Crippen LogP contribution is 2.22. The van der Waals surface area contributed by atoms with Crippen molar-refractivity contribution in [3.63, 3.8) is 0 Å². The van der Waals surface area contributed by atoms with Crippen LogP contribution in [0, 0.1) is 0 Å². The third kappa shape index (κ3) is 3.72. The number of benzene rings is 1. The summed E-state index contributed by atoms with van der Waals surface area (Å²) in [5, 5.41) is 8.92. The first-order chi connectivity index (χ1) is 11.1. The minimum atomic E-state index is -0.966. The van der Waals surface area contributed by atoms with Crippen molar-refractivity contribution in [3.8, 4) is 0 Å². The van der Waals surface area contributed by atoms with E-state index < -0.39 is 5.97 Å². The van der Waals surface area contributed by atoms with Crippen molar-refractivity contribution in [2.75, 3.05) is 26.2 Å². The summed E-state index contributed by atoms with van der Waals surface area (Å²) >= 11 is 0. The van der Waals surface area contributed by atoms with Gasteiger partial charge in [0.1, 0.15) is 0 Å². The zero-order valence-electron chi connectivity index (χ0n) is 13.4. The van der Waals surface area contributed by atoms with Crippen molar-refractivity contribution in [1.82, 2.24) is 9.80 Å². The van der Waals surface area contributed by atoms with E-state index in [-0.39, 0.29) is 11.5 Å². The largest absolute Gasteiger partial charge is 0.478 e. The Bertz CT molecular complexity index is 556. The molecule has 5 nitrogen and oxygen atoms in total. The van der Waals surface area contributed by atoms with Gasteiger partial charge in [-0.05, 0) is 63.0 Å². The number of carboxylic acids is 1. The van der Waals surface area contributed by atoms with Gasteiger partial charge in [0.2, 0.25) is 0 Å². The lowest BCUT2D eigenvalue weighted by atomic mass is 9.99. The number of carbonyl (C=O) groups excluding carboxylic acids is 1. The lowest BCUT2D eigenvalue weighted by Crippen LogP contribution is -2.48. The first-order valence-corrected chi connectivity index (χ1v) is 8.52. The van der Waals surface area contributed by atoms with Crippen LogP contribution in [0.15, 0.2) is 24.3 Å². The molecule has 1 amide bonds. The fraction of sp³-hybridized carbons (Fsp3) is 0.556. The van der Waals surface area contributed by atoms with E-state index in [2.05, 4.69) is 4.90 Å². The van der Waals surface area contributed by atoms with Crippen LogP contribution in [0.2, 0.25) is 0 Å². The number of nitrogens with zero attached hydrogens (tertiary/aromatic N) is 2. The van der Waals surface area contributed by atoms with Crippen molar-refractivity contribution in [3.05, 3.63) is 35.4 Å². The summed E-state index contributed by atoms with van der Waals surface area (Å²) < 4.78 is 0. The van der Waals surface area contributed by atoms with Gasteiger partial charge in [0.05, 0.1) is 5.56 Å². The molecular weight excluding hydrogens is 292 g/mol. The predicted molar refractivity (Wildman–Crippen MR) is 87.8 cm³/mol. The summed E-state index contributed by atoms with van der Waals surface area (Å²) in [5.41, 5.74) is 0.789. The molecule has 0 aliphatic carbocycles. The van der Waals surface area contributed by atoms with E-state index in [4.69, 9.17) is 5.11 Å². The molecule has 1 aromatic rings. The minimum absolute atomic E-state index is 0.0130. The maximum atomic E-state index is 12.5. The molecule has 23 heavy (non-hydrogen) atoms. The second-order valence-corrected chi connectivity index (χ2v) is 6.50. The van der Waals surface area contributed by atoms with Crippen LogP contribution < -0.4 is 0 Å². The van der Waals surface area contributed by atoms with Crippen molar-refractivity contribution < 1.29 is 14.7 Å². The Morgan fingerprint density at radius 2 is 1.43 bits per heavy atom. The molecular formula is C18H24N2O3. The Balaban J connectivity index is 1.56. The highest BCUT2D eigenvalue weighted by atomic mass is 16.4. The SMILES string of the molecule is O=C(O)c1ccc(C(=O)N2CCC(N3CCCCC3)CC2)cc1. The lowest BCUT2D eigenvalue weighted by Gasteiger charge is -2.40. The van der Waals surface area contributed by atoms with Crippen LogP contribution in [0.3, 0.4) is 0 Å². The molecule has 2 aliphatic rings. The first-order valence-electron chi connectivity index (χ1n) is 8.52. The molecule has 124 valence electrons. The summed E-state index contributed by atoms with van der Waals surface area (Å²) in [5.74, 6) is -0.953. The molecule has 2 aliphatic heterocycles. The quantitative estimate of drug-likeness (QED) is 0.930. The van der Waals surface area contributed by atoms with E-state index in [1.54, 1.807) is 12.1 Å². The highest BCUT2D eigenvalue weighted by Gasteiger charge is 2.28. The molecule has 5 heteroatoms. The molecule has 0 unspecified atom stereocenters. The molecule has 0 aromatic heterocycles. The smallest absolute Gasteiger partial charge is 0.335 e. The van der Waals surface area contributed by atoms with E-state index in [1.165, 1.54) is 44.5 Å². The third-order valence-electron chi connectivity index (χ3n) is 5.04. The van der Waals surface area contributed by atoms with Gasteiger partial charge in [-0.25, -0.2) is 4.79 Å². The number of hydrogen-bond donors (Lipinski definition) is 1. The number of carboxylic acid groups (broad SMARTS) is 1. The van der Waals surface area contributed by atoms with Crippen LogP contribution >= 0.6 is 0 Å². The summed E-state index contributed by atoms with van der Waals surface area (Å²) in [7, 11) is 0. The summed E-state index contributed by atoms with van der Waals surface area (Å²) in [6.07, 6.45) is 6.03. The molecule has 2 saturated heterocycles. The lowest BCUT2D eigenvalue weighted by molar-refractivity contribution is 0.0588. The number of aromatic carboxylic acids is 1. The average molecular weight is 316 g/mol. The maximum absolute atomic E-state index is 12.5. The van der Waals surface area contributed by atoms with Crippen LogP contribution in [0.1, 0.15) is 52.8 Å². The first kappa shape index (κ1) is 16.0. The van der Waals surface area contributed by atoms with Gasteiger partial charge in [-0.3, -0.25) is 4.79 Å². The van der Waals surface area contributed by atoms with Gasteiger partial charge in [0.15, 0.2) is 0 Å². The number of carbonyl (C=O) groups is 2. The number of piperidine rings is 2. The summed E-state index contributed by atoms with van der Waals surface area (Å²) in [6, 6.07) is 6.84. The number of hydrogen-bond acceptors (Lipinski definition) is 3. The number of likely N-dealkylation sites (tertiary alicyclic amines) is 2. The van der Waals surface area contributed by atoms with E-state index in [0.717, 1.165) is 25.9 Å². The van der Waals surface area contributed by atoms with Gasteiger partial charge in [-0.2, -0.15) is 0 Å². The fourth-order valence-corrected chi connectivity index (χ4v) is 3.66. The monoisotopic (exact) mass is 316 g/mol. The Kier molecular flexibility index (Phi) is 4.96. The van der Waals surface area contributed by atoms with E-state index >= 15 is 0 Å². The second-order valence-electron chi connectivity index (χ2n) is 6.50. The molecule has 2 heterocycles. The average Bonchev–Trinajstić information content (AvgIpc) is 2.62. The van der Waals surface area contributed by atoms with Gasteiger partial charge in [0, 0.05) is 24.7 Å². The molecule has 0 spiro atoms. The fourth-order valence-electron chi connectivity index (χ4n) is 3.66. The molecule has 0 bridgehead atoms. The van der Waals surface area contributed by atoms with Gasteiger partial charge < -0.3 is 14.9 Å². The molecule has 1 N–H and O–H groups in total. The summed E-state index contributed by atoms with van der Waals surface area (Å²) in [4.78, 5) is 27.9. The van der Waals surface area contributed by atoms with Crippen molar-refractivity contribution in [2.24, 2.45) is 0 Å².